The number of allylic oxidation sites excluding steroid dienone is 1. The topological polar surface area (TPSA) is 47.6 Å². The zero-order chi connectivity index (χ0) is 21.5. The molecule has 0 saturated carbocycles. The van der Waals surface area contributed by atoms with E-state index in [0.29, 0.717) is 33.7 Å². The number of esters is 1. The SMILES string of the molecule is C=CCc1ccc(OC(=O)Cc2ccccc2Nc2c(Cl)cccc2Cl)c(OC)c1. The van der Waals surface area contributed by atoms with Crippen molar-refractivity contribution in [3.05, 3.63) is 94.5 Å². The van der Waals surface area contributed by atoms with Crippen molar-refractivity contribution < 1.29 is 14.3 Å². The minimum absolute atomic E-state index is 0.0583. The minimum Gasteiger partial charge on any atom is -0.493 e. The van der Waals surface area contributed by atoms with Gasteiger partial charge in [-0.3, -0.25) is 4.79 Å². The third kappa shape index (κ3) is 5.35. The zero-order valence-electron chi connectivity index (χ0n) is 16.5. The van der Waals surface area contributed by atoms with Gasteiger partial charge in [0.25, 0.3) is 0 Å². The van der Waals surface area contributed by atoms with Gasteiger partial charge in [-0.05, 0) is 47.9 Å². The van der Waals surface area contributed by atoms with Gasteiger partial charge in [0.05, 0.1) is 29.3 Å². The van der Waals surface area contributed by atoms with Gasteiger partial charge in [0.2, 0.25) is 0 Å². The van der Waals surface area contributed by atoms with E-state index in [9.17, 15) is 4.79 Å². The van der Waals surface area contributed by atoms with E-state index in [4.69, 9.17) is 32.7 Å². The van der Waals surface area contributed by atoms with Crippen LogP contribution in [0.25, 0.3) is 0 Å². The first-order valence-electron chi connectivity index (χ1n) is 9.29. The number of hydrogen-bond acceptors (Lipinski definition) is 4. The molecule has 0 heterocycles. The van der Waals surface area contributed by atoms with Crippen LogP contribution in [0.15, 0.2) is 73.3 Å². The van der Waals surface area contributed by atoms with Gasteiger partial charge < -0.3 is 14.8 Å². The average molecular weight is 442 g/mol. The molecule has 154 valence electrons. The van der Waals surface area contributed by atoms with E-state index in [1.807, 2.05) is 36.4 Å². The fourth-order valence-corrected chi connectivity index (χ4v) is 3.44. The molecule has 30 heavy (non-hydrogen) atoms. The Kier molecular flexibility index (Phi) is 7.39. The van der Waals surface area contributed by atoms with E-state index >= 15 is 0 Å². The van der Waals surface area contributed by atoms with Gasteiger partial charge in [0.1, 0.15) is 0 Å². The van der Waals surface area contributed by atoms with Crippen LogP contribution in [0, 0.1) is 0 Å². The molecule has 0 aliphatic heterocycles. The normalized spacial score (nSPS) is 10.4. The van der Waals surface area contributed by atoms with Crippen molar-refractivity contribution in [3.8, 4) is 11.5 Å². The van der Waals surface area contributed by atoms with Crippen molar-refractivity contribution >= 4 is 40.5 Å². The van der Waals surface area contributed by atoms with Gasteiger partial charge in [-0.1, -0.05) is 59.6 Å². The van der Waals surface area contributed by atoms with Crippen molar-refractivity contribution in [1.82, 2.24) is 0 Å². The maximum atomic E-state index is 12.6. The van der Waals surface area contributed by atoms with Crippen molar-refractivity contribution in [3.63, 3.8) is 0 Å². The molecule has 0 fully saturated rings. The highest BCUT2D eigenvalue weighted by Crippen LogP contribution is 2.34. The molecule has 0 saturated heterocycles. The number of para-hydroxylation sites is 2. The maximum Gasteiger partial charge on any atom is 0.315 e. The second kappa shape index (κ2) is 10.2. The van der Waals surface area contributed by atoms with Crippen LogP contribution in [0.4, 0.5) is 11.4 Å². The van der Waals surface area contributed by atoms with Crippen LogP contribution in [0.2, 0.25) is 10.0 Å². The highest BCUT2D eigenvalue weighted by Gasteiger charge is 2.15. The largest absolute Gasteiger partial charge is 0.493 e. The van der Waals surface area contributed by atoms with Gasteiger partial charge in [-0.15, -0.1) is 6.58 Å². The second-order valence-electron chi connectivity index (χ2n) is 6.51. The molecule has 0 bridgehead atoms. The number of methoxy groups -OCH3 is 1. The Bertz CT molecular complexity index is 1050. The number of halogens is 2. The molecule has 0 aliphatic carbocycles. The lowest BCUT2D eigenvalue weighted by molar-refractivity contribution is -0.133. The van der Waals surface area contributed by atoms with E-state index in [0.717, 1.165) is 16.8 Å². The molecular formula is C24H21Cl2NO3. The summed E-state index contributed by atoms with van der Waals surface area (Å²) in [6.07, 6.45) is 2.56. The van der Waals surface area contributed by atoms with E-state index in [1.165, 1.54) is 7.11 Å². The molecule has 0 aliphatic rings. The summed E-state index contributed by atoms with van der Waals surface area (Å²) < 4.78 is 10.9. The van der Waals surface area contributed by atoms with Crippen LogP contribution in [0.5, 0.6) is 11.5 Å². The molecule has 6 heteroatoms. The number of carbonyl (C=O) groups is 1. The highest BCUT2D eigenvalue weighted by molar-refractivity contribution is 6.39. The third-order valence-electron chi connectivity index (χ3n) is 4.41. The fourth-order valence-electron chi connectivity index (χ4n) is 2.95. The molecule has 3 aromatic rings. The predicted molar refractivity (Wildman–Crippen MR) is 122 cm³/mol. The van der Waals surface area contributed by atoms with Crippen LogP contribution in [0.3, 0.4) is 0 Å². The summed E-state index contributed by atoms with van der Waals surface area (Å²) in [7, 11) is 1.54. The number of nitrogens with one attached hydrogen (secondary N) is 1. The first kappa shape index (κ1) is 21.8. The van der Waals surface area contributed by atoms with Crippen molar-refractivity contribution in [2.45, 2.75) is 12.8 Å². The predicted octanol–water partition coefficient (Wildman–Crippen LogP) is 6.62. The van der Waals surface area contributed by atoms with Crippen molar-refractivity contribution in [2.75, 3.05) is 12.4 Å². The Balaban J connectivity index is 1.77. The Labute approximate surface area is 186 Å². The summed E-state index contributed by atoms with van der Waals surface area (Å²) >= 11 is 12.5. The number of anilines is 2. The van der Waals surface area contributed by atoms with Crippen LogP contribution < -0.4 is 14.8 Å². The number of rotatable bonds is 8. The lowest BCUT2D eigenvalue weighted by Gasteiger charge is -2.15. The molecule has 0 aromatic heterocycles. The van der Waals surface area contributed by atoms with Gasteiger partial charge >= 0.3 is 5.97 Å². The third-order valence-corrected chi connectivity index (χ3v) is 5.04. The lowest BCUT2D eigenvalue weighted by atomic mass is 10.1. The Morgan fingerprint density at radius 3 is 2.47 bits per heavy atom. The van der Waals surface area contributed by atoms with Gasteiger partial charge in [-0.2, -0.15) is 0 Å². The van der Waals surface area contributed by atoms with E-state index in [1.54, 1.807) is 30.3 Å². The number of carbonyl (C=O) groups excluding carboxylic acids is 1. The van der Waals surface area contributed by atoms with Gasteiger partial charge in [0.15, 0.2) is 11.5 Å². The molecule has 3 aromatic carbocycles. The molecular weight excluding hydrogens is 421 g/mol. The Hall–Kier alpha value is -2.95. The van der Waals surface area contributed by atoms with Gasteiger partial charge in [0, 0.05) is 5.69 Å². The molecule has 3 rings (SSSR count). The molecule has 4 nitrogen and oxygen atoms in total. The molecule has 0 atom stereocenters. The minimum atomic E-state index is -0.413. The van der Waals surface area contributed by atoms with Crippen molar-refractivity contribution in [2.24, 2.45) is 0 Å². The molecule has 1 N–H and O–H groups in total. The summed E-state index contributed by atoms with van der Waals surface area (Å²) in [4.78, 5) is 12.6. The van der Waals surface area contributed by atoms with Crippen LogP contribution in [-0.4, -0.2) is 13.1 Å². The van der Waals surface area contributed by atoms with Crippen LogP contribution in [0.1, 0.15) is 11.1 Å². The number of ether oxygens (including phenoxy) is 2. The second-order valence-corrected chi connectivity index (χ2v) is 7.32. The quantitative estimate of drug-likeness (QED) is 0.242. The van der Waals surface area contributed by atoms with E-state index in [-0.39, 0.29) is 6.42 Å². The van der Waals surface area contributed by atoms with Crippen molar-refractivity contribution in [1.29, 1.82) is 0 Å². The molecule has 0 amide bonds. The highest BCUT2D eigenvalue weighted by atomic mass is 35.5. The smallest absolute Gasteiger partial charge is 0.315 e. The summed E-state index contributed by atoms with van der Waals surface area (Å²) in [6.45, 7) is 3.73. The lowest BCUT2D eigenvalue weighted by Crippen LogP contribution is -2.13. The summed E-state index contributed by atoms with van der Waals surface area (Å²) in [5.41, 5.74) is 3.08. The first-order chi connectivity index (χ1) is 14.5. The molecule has 0 unspecified atom stereocenters. The molecule has 0 spiro atoms. The monoisotopic (exact) mass is 441 g/mol. The van der Waals surface area contributed by atoms with Gasteiger partial charge in [-0.25, -0.2) is 0 Å². The van der Waals surface area contributed by atoms with E-state index in [2.05, 4.69) is 11.9 Å². The average Bonchev–Trinajstić information content (AvgIpc) is 2.73. The number of hydrogen-bond donors (Lipinski definition) is 1. The maximum absolute atomic E-state index is 12.6. The van der Waals surface area contributed by atoms with Crippen LogP contribution >= 0.6 is 23.2 Å². The van der Waals surface area contributed by atoms with Crippen LogP contribution in [-0.2, 0) is 17.6 Å². The molecule has 0 radical (unpaired) electrons. The summed E-state index contributed by atoms with van der Waals surface area (Å²) in [5, 5.41) is 4.20. The summed E-state index contributed by atoms with van der Waals surface area (Å²) in [6, 6.07) is 18.1. The Morgan fingerprint density at radius 2 is 1.77 bits per heavy atom. The Morgan fingerprint density at radius 1 is 1.03 bits per heavy atom. The number of benzene rings is 3. The zero-order valence-corrected chi connectivity index (χ0v) is 18.0. The van der Waals surface area contributed by atoms with E-state index < -0.39 is 5.97 Å². The summed E-state index contributed by atoms with van der Waals surface area (Å²) in [5.74, 6) is 0.455. The fraction of sp³-hybridized carbons (Fsp3) is 0.125. The first-order valence-corrected chi connectivity index (χ1v) is 10.0. The standard InChI is InChI=1S/C24H21Cl2NO3/c1-3-7-16-12-13-21(22(14-16)29-2)30-23(28)15-17-8-4-5-11-20(17)27-24-18(25)9-6-10-19(24)26/h3-6,8-14,27H,1,7,15H2,2H3.